The predicted molar refractivity (Wildman–Crippen MR) is 42.5 cm³/mol. The van der Waals surface area contributed by atoms with Gasteiger partial charge in [-0.2, -0.15) is 0 Å². The van der Waals surface area contributed by atoms with Crippen LogP contribution in [0.1, 0.15) is 6.92 Å². The molecule has 0 aromatic rings. The SMILES string of the molecule is CC(N)CNCCNC(=O)O. The average molecular weight is 161 g/mol. The molecule has 0 aliphatic rings. The Bertz CT molecular complexity index is 116. The zero-order chi connectivity index (χ0) is 8.69. The summed E-state index contributed by atoms with van der Waals surface area (Å²) >= 11 is 0. The van der Waals surface area contributed by atoms with Crippen molar-refractivity contribution < 1.29 is 9.90 Å². The molecule has 0 rings (SSSR count). The van der Waals surface area contributed by atoms with Crippen molar-refractivity contribution in [1.29, 1.82) is 0 Å². The second kappa shape index (κ2) is 5.94. The molecule has 0 saturated heterocycles. The van der Waals surface area contributed by atoms with Crippen LogP contribution in [0.25, 0.3) is 0 Å². The Balaban J connectivity index is 2.97. The lowest BCUT2D eigenvalue weighted by Crippen LogP contribution is -2.36. The van der Waals surface area contributed by atoms with Gasteiger partial charge in [0.1, 0.15) is 0 Å². The first-order valence-corrected chi connectivity index (χ1v) is 3.56. The third kappa shape index (κ3) is 9.19. The summed E-state index contributed by atoms with van der Waals surface area (Å²) in [6.45, 7) is 3.63. The maximum Gasteiger partial charge on any atom is 0.404 e. The van der Waals surface area contributed by atoms with Crippen molar-refractivity contribution in [2.75, 3.05) is 19.6 Å². The number of nitrogens with two attached hydrogens (primary N) is 1. The van der Waals surface area contributed by atoms with Gasteiger partial charge in [-0.3, -0.25) is 0 Å². The zero-order valence-electron chi connectivity index (χ0n) is 6.63. The molecule has 0 radical (unpaired) electrons. The molecule has 0 aromatic heterocycles. The van der Waals surface area contributed by atoms with Crippen LogP contribution >= 0.6 is 0 Å². The molecule has 1 atom stereocenters. The summed E-state index contributed by atoms with van der Waals surface area (Å²) in [5.41, 5.74) is 5.44. The molecule has 5 N–H and O–H groups in total. The topological polar surface area (TPSA) is 87.4 Å². The molecule has 0 heterocycles. The van der Waals surface area contributed by atoms with Gasteiger partial charge in [-0.1, -0.05) is 0 Å². The van der Waals surface area contributed by atoms with E-state index >= 15 is 0 Å². The lowest BCUT2D eigenvalue weighted by molar-refractivity contribution is 0.194. The summed E-state index contributed by atoms with van der Waals surface area (Å²) in [7, 11) is 0. The van der Waals surface area contributed by atoms with E-state index in [1.54, 1.807) is 0 Å². The van der Waals surface area contributed by atoms with E-state index in [9.17, 15) is 4.79 Å². The molecular weight excluding hydrogens is 146 g/mol. The van der Waals surface area contributed by atoms with E-state index in [1.807, 2.05) is 6.92 Å². The van der Waals surface area contributed by atoms with Gasteiger partial charge in [0, 0.05) is 25.7 Å². The number of amides is 1. The number of rotatable bonds is 5. The van der Waals surface area contributed by atoms with Crippen molar-refractivity contribution in [3.05, 3.63) is 0 Å². The molecular formula is C6H15N3O2. The Labute approximate surface area is 66.0 Å². The number of nitrogens with one attached hydrogen (secondary N) is 2. The molecule has 5 heteroatoms. The van der Waals surface area contributed by atoms with Crippen molar-refractivity contribution in [3.8, 4) is 0 Å². The smallest absolute Gasteiger partial charge is 0.404 e. The van der Waals surface area contributed by atoms with Gasteiger partial charge >= 0.3 is 6.09 Å². The molecule has 0 saturated carbocycles. The van der Waals surface area contributed by atoms with Gasteiger partial charge in [0.2, 0.25) is 0 Å². The van der Waals surface area contributed by atoms with E-state index in [0.29, 0.717) is 19.6 Å². The minimum Gasteiger partial charge on any atom is -0.465 e. The lowest BCUT2D eigenvalue weighted by Gasteiger charge is -2.06. The maximum atomic E-state index is 9.93. The Kier molecular flexibility index (Phi) is 5.50. The minimum atomic E-state index is -0.993. The van der Waals surface area contributed by atoms with Gasteiger partial charge < -0.3 is 21.5 Å². The van der Waals surface area contributed by atoms with Gasteiger partial charge in [0.25, 0.3) is 0 Å². The van der Waals surface area contributed by atoms with Crippen molar-refractivity contribution >= 4 is 6.09 Å². The van der Waals surface area contributed by atoms with E-state index in [-0.39, 0.29) is 6.04 Å². The molecule has 0 aliphatic heterocycles. The Morgan fingerprint density at radius 1 is 1.64 bits per heavy atom. The second-order valence-electron chi connectivity index (χ2n) is 2.41. The third-order valence-corrected chi connectivity index (χ3v) is 1.04. The van der Waals surface area contributed by atoms with Gasteiger partial charge in [-0.15, -0.1) is 0 Å². The monoisotopic (exact) mass is 161 g/mol. The van der Waals surface area contributed by atoms with Gasteiger partial charge in [-0.05, 0) is 6.92 Å². The Morgan fingerprint density at radius 2 is 2.27 bits per heavy atom. The van der Waals surface area contributed by atoms with Gasteiger partial charge in [-0.25, -0.2) is 4.79 Å². The molecule has 1 unspecified atom stereocenters. The van der Waals surface area contributed by atoms with Gasteiger partial charge in [0.05, 0.1) is 0 Å². The summed E-state index contributed by atoms with van der Waals surface area (Å²) in [5.74, 6) is 0. The largest absolute Gasteiger partial charge is 0.465 e. The predicted octanol–water partition coefficient (Wildman–Crippen LogP) is -0.809. The highest BCUT2D eigenvalue weighted by molar-refractivity contribution is 5.64. The highest BCUT2D eigenvalue weighted by Gasteiger charge is 1.93. The fourth-order valence-corrected chi connectivity index (χ4v) is 0.588. The molecule has 0 fully saturated rings. The quantitative estimate of drug-likeness (QED) is 0.397. The van der Waals surface area contributed by atoms with Gasteiger partial charge in [0.15, 0.2) is 0 Å². The van der Waals surface area contributed by atoms with Crippen LogP contribution in [-0.2, 0) is 0 Å². The summed E-state index contributed by atoms with van der Waals surface area (Å²) in [5, 5.41) is 13.4. The maximum absolute atomic E-state index is 9.93. The van der Waals surface area contributed by atoms with Crippen LogP contribution in [0.2, 0.25) is 0 Å². The van der Waals surface area contributed by atoms with E-state index in [0.717, 1.165) is 0 Å². The highest BCUT2D eigenvalue weighted by atomic mass is 16.4. The van der Waals surface area contributed by atoms with Crippen LogP contribution < -0.4 is 16.4 Å². The number of hydrogen-bond donors (Lipinski definition) is 4. The first kappa shape index (κ1) is 10.2. The summed E-state index contributed by atoms with van der Waals surface area (Å²) in [6.07, 6.45) is -0.993. The number of carboxylic acid groups (broad SMARTS) is 1. The fourth-order valence-electron chi connectivity index (χ4n) is 0.588. The van der Waals surface area contributed by atoms with Crippen molar-refractivity contribution in [2.24, 2.45) is 5.73 Å². The van der Waals surface area contributed by atoms with Crippen molar-refractivity contribution in [3.63, 3.8) is 0 Å². The normalized spacial score (nSPS) is 12.5. The number of hydrogen-bond acceptors (Lipinski definition) is 3. The fraction of sp³-hybridized carbons (Fsp3) is 0.833. The first-order chi connectivity index (χ1) is 5.13. The van der Waals surface area contributed by atoms with E-state index in [2.05, 4.69) is 10.6 Å². The molecule has 1 amide bonds. The number of carbonyl (C=O) groups is 1. The van der Waals surface area contributed by atoms with Crippen molar-refractivity contribution in [2.45, 2.75) is 13.0 Å². The molecule has 0 aliphatic carbocycles. The average Bonchev–Trinajstić information content (AvgIpc) is 1.85. The molecule has 0 spiro atoms. The second-order valence-corrected chi connectivity index (χ2v) is 2.41. The Hall–Kier alpha value is -0.810. The van der Waals surface area contributed by atoms with Crippen LogP contribution in [0, 0.1) is 0 Å². The van der Waals surface area contributed by atoms with Crippen LogP contribution in [0.15, 0.2) is 0 Å². The summed E-state index contributed by atoms with van der Waals surface area (Å²) < 4.78 is 0. The molecule has 5 nitrogen and oxygen atoms in total. The summed E-state index contributed by atoms with van der Waals surface area (Å²) in [4.78, 5) is 9.93. The van der Waals surface area contributed by atoms with Crippen molar-refractivity contribution in [1.82, 2.24) is 10.6 Å². The highest BCUT2D eigenvalue weighted by Crippen LogP contribution is 1.68. The minimum absolute atomic E-state index is 0.111. The van der Waals surface area contributed by atoms with Crippen LogP contribution in [0.4, 0.5) is 4.79 Å². The van der Waals surface area contributed by atoms with E-state index in [4.69, 9.17) is 10.8 Å². The molecule has 0 bridgehead atoms. The van der Waals surface area contributed by atoms with Crippen LogP contribution in [0.5, 0.6) is 0 Å². The molecule has 66 valence electrons. The molecule has 11 heavy (non-hydrogen) atoms. The first-order valence-electron chi connectivity index (χ1n) is 3.56. The third-order valence-electron chi connectivity index (χ3n) is 1.04. The van der Waals surface area contributed by atoms with E-state index < -0.39 is 6.09 Å². The Morgan fingerprint density at radius 3 is 2.73 bits per heavy atom. The van der Waals surface area contributed by atoms with Crippen LogP contribution in [0.3, 0.4) is 0 Å². The summed E-state index contributed by atoms with van der Waals surface area (Å²) in [6, 6.07) is 0.111. The van der Waals surface area contributed by atoms with Crippen LogP contribution in [-0.4, -0.2) is 36.9 Å². The molecule has 0 aromatic carbocycles. The zero-order valence-corrected chi connectivity index (χ0v) is 6.63. The van der Waals surface area contributed by atoms with E-state index in [1.165, 1.54) is 0 Å². The standard InChI is InChI=1S/C6H15N3O2/c1-5(7)4-8-2-3-9-6(10)11/h5,8-9H,2-4,7H2,1H3,(H,10,11). The lowest BCUT2D eigenvalue weighted by atomic mass is 10.3.